The first-order chi connectivity index (χ1) is 21.4. The van der Waals surface area contributed by atoms with Gasteiger partial charge in [-0.2, -0.15) is 0 Å². The lowest BCUT2D eigenvalue weighted by molar-refractivity contribution is -0.140. The van der Waals surface area contributed by atoms with Crippen molar-refractivity contribution < 1.29 is 28.5 Å². The number of fused-ring (bicyclic) bond motifs is 1. The van der Waals surface area contributed by atoms with Gasteiger partial charge in [0.05, 0.1) is 34.0 Å². The Balaban J connectivity index is 1.58. The van der Waals surface area contributed by atoms with E-state index in [1.807, 2.05) is 48.5 Å². The fraction of sp³-hybridized carbons (Fsp3) is 0.212. The molecule has 1 aromatic heterocycles. The minimum absolute atomic E-state index is 0.116. The van der Waals surface area contributed by atoms with Crippen LogP contribution in [0.2, 0.25) is 0 Å². The number of anilines is 1. The van der Waals surface area contributed by atoms with Gasteiger partial charge in [-0.3, -0.25) is 9.59 Å². The summed E-state index contributed by atoms with van der Waals surface area (Å²) < 4.78 is 23.1. The molecular formula is C33H33N5O6. The Kier molecular flexibility index (Phi) is 9.24. The molecule has 0 spiro atoms. The monoisotopic (exact) mass is 595 g/mol. The molecule has 0 aliphatic heterocycles. The highest BCUT2D eigenvalue weighted by Crippen LogP contribution is 2.34. The molecule has 0 aliphatic carbocycles. The highest BCUT2D eigenvalue weighted by atomic mass is 16.5. The number of aromatic nitrogens is 3. The standard InChI is InChI=1S/C33H33N5O6/c1-41-25-14-9-22(10-15-25)20-37(31(39)21-38-28-8-6-5-7-27(28)35-36-38)32(23-11-18-29(43-3)30(19-23)44-4)33(40)34-24-12-16-26(42-2)17-13-24/h5-19,32H,20-21H2,1-4H3,(H,34,40)/t32-/m1/s1. The Bertz CT molecular complexity index is 1740. The second kappa shape index (κ2) is 13.6. The highest BCUT2D eigenvalue weighted by Gasteiger charge is 2.33. The third-order valence-corrected chi connectivity index (χ3v) is 7.18. The first-order valence-corrected chi connectivity index (χ1v) is 13.8. The van der Waals surface area contributed by atoms with Gasteiger partial charge in [-0.15, -0.1) is 5.10 Å². The number of carbonyl (C=O) groups is 2. The Hall–Kier alpha value is -5.58. The molecule has 1 heterocycles. The van der Waals surface area contributed by atoms with Crippen molar-refractivity contribution in [3.05, 3.63) is 102 Å². The molecule has 1 N–H and O–H groups in total. The summed E-state index contributed by atoms with van der Waals surface area (Å²) in [6.07, 6.45) is 0. The number of amides is 2. The number of benzene rings is 4. The van der Waals surface area contributed by atoms with E-state index in [4.69, 9.17) is 18.9 Å². The van der Waals surface area contributed by atoms with Crippen LogP contribution >= 0.6 is 0 Å². The predicted octanol–water partition coefficient (Wildman–Crippen LogP) is 4.87. The first-order valence-electron chi connectivity index (χ1n) is 13.8. The maximum atomic E-state index is 14.3. The van der Waals surface area contributed by atoms with Crippen LogP contribution in [0.1, 0.15) is 17.2 Å². The van der Waals surface area contributed by atoms with Gasteiger partial charge in [-0.1, -0.05) is 35.5 Å². The van der Waals surface area contributed by atoms with Gasteiger partial charge in [-0.05, 0) is 71.8 Å². The summed E-state index contributed by atoms with van der Waals surface area (Å²) in [5, 5.41) is 11.4. The normalized spacial score (nSPS) is 11.5. The van der Waals surface area contributed by atoms with Gasteiger partial charge in [0.25, 0.3) is 5.91 Å². The molecule has 5 rings (SSSR count). The Labute approximate surface area is 254 Å². The molecule has 226 valence electrons. The molecule has 5 aromatic rings. The summed E-state index contributed by atoms with van der Waals surface area (Å²) in [7, 11) is 6.21. The number of hydrogen-bond donors (Lipinski definition) is 1. The van der Waals surface area contributed by atoms with Crippen molar-refractivity contribution in [3.8, 4) is 23.0 Å². The van der Waals surface area contributed by atoms with Gasteiger partial charge < -0.3 is 29.2 Å². The summed E-state index contributed by atoms with van der Waals surface area (Å²) >= 11 is 0. The maximum absolute atomic E-state index is 14.3. The van der Waals surface area contributed by atoms with Crippen molar-refractivity contribution in [1.29, 1.82) is 0 Å². The number of carbonyl (C=O) groups excluding carboxylic acids is 2. The second-order valence-corrected chi connectivity index (χ2v) is 9.84. The molecule has 0 fully saturated rings. The molecule has 1 atom stereocenters. The topological polar surface area (TPSA) is 117 Å². The second-order valence-electron chi connectivity index (χ2n) is 9.84. The molecule has 11 nitrogen and oxygen atoms in total. The lowest BCUT2D eigenvalue weighted by Gasteiger charge is -2.32. The van der Waals surface area contributed by atoms with Crippen molar-refractivity contribution in [2.75, 3.05) is 33.8 Å². The third-order valence-electron chi connectivity index (χ3n) is 7.18. The molecule has 0 aliphatic rings. The zero-order valence-electron chi connectivity index (χ0n) is 24.9. The highest BCUT2D eigenvalue weighted by molar-refractivity contribution is 5.98. The van der Waals surface area contributed by atoms with E-state index in [9.17, 15) is 9.59 Å². The number of nitrogens with zero attached hydrogens (tertiary/aromatic N) is 4. The fourth-order valence-corrected chi connectivity index (χ4v) is 4.88. The summed E-state index contributed by atoms with van der Waals surface area (Å²) in [5.41, 5.74) is 3.23. The van der Waals surface area contributed by atoms with Crippen LogP contribution < -0.4 is 24.3 Å². The van der Waals surface area contributed by atoms with Crippen LogP contribution in [0.25, 0.3) is 11.0 Å². The smallest absolute Gasteiger partial charge is 0.251 e. The van der Waals surface area contributed by atoms with Crippen molar-refractivity contribution in [2.24, 2.45) is 0 Å². The van der Waals surface area contributed by atoms with Crippen molar-refractivity contribution in [2.45, 2.75) is 19.1 Å². The number of para-hydroxylation sites is 1. The van der Waals surface area contributed by atoms with Crippen LogP contribution in [0.3, 0.4) is 0 Å². The number of rotatable bonds is 12. The van der Waals surface area contributed by atoms with E-state index < -0.39 is 11.9 Å². The van der Waals surface area contributed by atoms with Gasteiger partial charge in [0.2, 0.25) is 5.91 Å². The summed E-state index contributed by atoms with van der Waals surface area (Å²) in [6, 6.07) is 25.8. The molecule has 11 heteroatoms. The van der Waals surface area contributed by atoms with E-state index in [2.05, 4.69) is 15.6 Å². The predicted molar refractivity (Wildman–Crippen MR) is 165 cm³/mol. The number of nitrogens with one attached hydrogen (secondary N) is 1. The van der Waals surface area contributed by atoms with Gasteiger partial charge in [0.15, 0.2) is 11.5 Å². The number of ether oxygens (including phenoxy) is 4. The molecule has 4 aromatic carbocycles. The quantitative estimate of drug-likeness (QED) is 0.217. The van der Waals surface area contributed by atoms with Gasteiger partial charge in [0, 0.05) is 12.2 Å². The van der Waals surface area contributed by atoms with Gasteiger partial charge in [-0.25, -0.2) is 4.68 Å². The molecule has 0 saturated heterocycles. The van der Waals surface area contributed by atoms with Crippen LogP contribution in [-0.2, 0) is 22.7 Å². The Morgan fingerprint density at radius 2 is 1.45 bits per heavy atom. The van der Waals surface area contributed by atoms with E-state index in [1.54, 1.807) is 56.7 Å². The molecule has 2 amide bonds. The average molecular weight is 596 g/mol. The number of methoxy groups -OCH3 is 4. The van der Waals surface area contributed by atoms with Gasteiger partial charge in [0.1, 0.15) is 29.6 Å². The van der Waals surface area contributed by atoms with E-state index >= 15 is 0 Å². The molecule has 0 radical (unpaired) electrons. The average Bonchev–Trinajstić information content (AvgIpc) is 3.47. The largest absolute Gasteiger partial charge is 0.497 e. The molecular weight excluding hydrogens is 562 g/mol. The SMILES string of the molecule is COc1ccc(CN(C(=O)Cn2nnc3ccccc32)[C@@H](C(=O)Nc2ccc(OC)cc2)c2ccc(OC)c(OC)c2)cc1. The van der Waals surface area contributed by atoms with Gasteiger partial charge >= 0.3 is 0 Å². The maximum Gasteiger partial charge on any atom is 0.251 e. The summed E-state index contributed by atoms with van der Waals surface area (Å²) in [4.78, 5) is 30.0. The minimum Gasteiger partial charge on any atom is -0.497 e. The Morgan fingerprint density at radius 3 is 2.11 bits per heavy atom. The van der Waals surface area contributed by atoms with E-state index in [0.29, 0.717) is 45.3 Å². The van der Waals surface area contributed by atoms with Crippen LogP contribution in [0.4, 0.5) is 5.69 Å². The van der Waals surface area contributed by atoms with Crippen molar-refractivity contribution in [3.63, 3.8) is 0 Å². The van der Waals surface area contributed by atoms with Crippen molar-refractivity contribution >= 4 is 28.5 Å². The van der Waals surface area contributed by atoms with Crippen LogP contribution in [-0.4, -0.2) is 60.1 Å². The van der Waals surface area contributed by atoms with Crippen molar-refractivity contribution in [1.82, 2.24) is 19.9 Å². The zero-order valence-corrected chi connectivity index (χ0v) is 24.9. The van der Waals surface area contributed by atoms with E-state index in [0.717, 1.165) is 5.56 Å². The minimum atomic E-state index is -1.07. The Morgan fingerprint density at radius 1 is 0.795 bits per heavy atom. The lowest BCUT2D eigenvalue weighted by Crippen LogP contribution is -2.42. The summed E-state index contributed by atoms with van der Waals surface area (Å²) in [5.74, 6) is 1.47. The fourth-order valence-electron chi connectivity index (χ4n) is 4.88. The molecule has 0 unspecified atom stereocenters. The zero-order chi connectivity index (χ0) is 31.1. The van der Waals surface area contributed by atoms with Crippen LogP contribution in [0, 0.1) is 0 Å². The molecule has 0 bridgehead atoms. The first kappa shape index (κ1) is 29.9. The summed E-state index contributed by atoms with van der Waals surface area (Å²) in [6.45, 7) is -0.0270. The van der Waals surface area contributed by atoms with Crippen LogP contribution in [0.5, 0.6) is 23.0 Å². The molecule has 44 heavy (non-hydrogen) atoms. The van der Waals surface area contributed by atoms with E-state index in [1.165, 1.54) is 23.8 Å². The van der Waals surface area contributed by atoms with E-state index in [-0.39, 0.29) is 19.0 Å². The molecule has 0 saturated carbocycles. The van der Waals surface area contributed by atoms with Crippen LogP contribution in [0.15, 0.2) is 91.0 Å². The number of hydrogen-bond acceptors (Lipinski definition) is 8. The lowest BCUT2D eigenvalue weighted by atomic mass is 10.0. The third kappa shape index (κ3) is 6.57.